The predicted octanol–water partition coefficient (Wildman–Crippen LogP) is 4.92. The fourth-order valence-corrected chi connectivity index (χ4v) is 5.07. The second-order valence-electron chi connectivity index (χ2n) is 10.2. The normalized spacial score (nSPS) is 19.3. The average Bonchev–Trinajstić information content (AvgIpc) is 2.70. The van der Waals surface area contributed by atoms with Crippen LogP contribution in [0.25, 0.3) is 0 Å². The Bertz CT molecular complexity index is 884. The average molecular weight is 440 g/mol. The monoisotopic (exact) mass is 439 g/mol. The van der Waals surface area contributed by atoms with Gasteiger partial charge in [0.2, 0.25) is 0 Å². The molecule has 0 amide bonds. The number of β-amino-alcohol motifs (C(OH)–C–C–N with tert-alkyl or cyclic N) is 1. The summed E-state index contributed by atoms with van der Waals surface area (Å²) >= 11 is 0. The number of likely N-dealkylation sites (tertiary alicyclic amines) is 1. The fourth-order valence-electron chi connectivity index (χ4n) is 5.07. The van der Waals surface area contributed by atoms with Gasteiger partial charge in [0.05, 0.1) is 5.56 Å². The smallest absolute Gasteiger partial charge is 0.338 e. The van der Waals surface area contributed by atoms with Gasteiger partial charge in [0, 0.05) is 30.5 Å². The molecule has 0 radical (unpaired) electrons. The maximum Gasteiger partial charge on any atom is 0.338 e. The molecule has 1 saturated heterocycles. The lowest BCUT2D eigenvalue weighted by molar-refractivity contribution is -0.104. The maximum absolute atomic E-state index is 12.6. The molecule has 0 spiro atoms. The van der Waals surface area contributed by atoms with Crippen LogP contribution in [0.3, 0.4) is 0 Å². The largest absolute Gasteiger partial charge is 0.490 e. The molecule has 1 aliphatic rings. The Kier molecular flexibility index (Phi) is 7.31. The van der Waals surface area contributed by atoms with Crippen LogP contribution in [0.5, 0.6) is 5.75 Å². The van der Waals surface area contributed by atoms with Gasteiger partial charge in [-0.25, -0.2) is 4.79 Å². The van der Waals surface area contributed by atoms with Gasteiger partial charge in [-0.15, -0.1) is 0 Å². The topological polar surface area (TPSA) is 59.0 Å². The SMILES string of the molecule is Cc1cccc(C)c1OCC(O)CN1C(C)(C)CC(OC(=O)c2ccccc2)CC1(C)C. The van der Waals surface area contributed by atoms with Crippen molar-refractivity contribution in [3.8, 4) is 5.75 Å². The summed E-state index contributed by atoms with van der Waals surface area (Å²) in [5.41, 5.74) is 2.22. The number of aliphatic hydroxyl groups excluding tert-OH is 1. The summed E-state index contributed by atoms with van der Waals surface area (Å²) in [7, 11) is 0. The number of esters is 1. The molecule has 1 N–H and O–H groups in total. The Balaban J connectivity index is 1.63. The van der Waals surface area contributed by atoms with Crippen molar-refractivity contribution in [3.63, 3.8) is 0 Å². The molecule has 5 heteroatoms. The van der Waals surface area contributed by atoms with Crippen LogP contribution < -0.4 is 4.74 Å². The van der Waals surface area contributed by atoms with Crippen LogP contribution in [0.2, 0.25) is 0 Å². The number of piperidine rings is 1. The number of benzene rings is 2. The van der Waals surface area contributed by atoms with Crippen molar-refractivity contribution in [3.05, 3.63) is 65.2 Å². The Morgan fingerprint density at radius 2 is 1.56 bits per heavy atom. The number of aryl methyl sites for hydroxylation is 2. The Labute approximate surface area is 192 Å². The Morgan fingerprint density at radius 3 is 2.12 bits per heavy atom. The van der Waals surface area contributed by atoms with Gasteiger partial charge in [-0.2, -0.15) is 0 Å². The van der Waals surface area contributed by atoms with Crippen LogP contribution in [0, 0.1) is 13.8 Å². The molecule has 0 saturated carbocycles. The van der Waals surface area contributed by atoms with Crippen molar-refractivity contribution >= 4 is 5.97 Å². The highest BCUT2D eigenvalue weighted by Gasteiger charge is 2.47. The quantitative estimate of drug-likeness (QED) is 0.621. The zero-order valence-corrected chi connectivity index (χ0v) is 20.2. The van der Waals surface area contributed by atoms with Gasteiger partial charge in [0.1, 0.15) is 24.6 Å². The van der Waals surface area contributed by atoms with Crippen LogP contribution in [-0.4, -0.2) is 52.4 Å². The van der Waals surface area contributed by atoms with Crippen molar-refractivity contribution in [2.75, 3.05) is 13.2 Å². The van der Waals surface area contributed by atoms with E-state index in [0.29, 0.717) is 24.9 Å². The number of nitrogens with zero attached hydrogens (tertiary/aromatic N) is 1. The molecule has 5 nitrogen and oxygen atoms in total. The van der Waals surface area contributed by atoms with E-state index in [1.807, 2.05) is 50.2 Å². The number of aliphatic hydroxyl groups is 1. The predicted molar refractivity (Wildman–Crippen MR) is 127 cm³/mol. The van der Waals surface area contributed by atoms with Gasteiger partial charge in [0.15, 0.2) is 0 Å². The number of hydrogen-bond donors (Lipinski definition) is 1. The first-order valence-corrected chi connectivity index (χ1v) is 11.4. The van der Waals surface area contributed by atoms with E-state index in [1.54, 1.807) is 12.1 Å². The number of para-hydroxylation sites is 1. The third-order valence-electron chi connectivity index (χ3n) is 6.42. The number of carbonyl (C=O) groups is 1. The van der Waals surface area contributed by atoms with Crippen LogP contribution >= 0.6 is 0 Å². The molecule has 1 fully saturated rings. The minimum atomic E-state index is -0.629. The summed E-state index contributed by atoms with van der Waals surface area (Å²) in [5.74, 6) is 0.564. The lowest BCUT2D eigenvalue weighted by Gasteiger charge is -2.55. The van der Waals surface area contributed by atoms with Crippen LogP contribution in [-0.2, 0) is 4.74 Å². The van der Waals surface area contributed by atoms with Crippen LogP contribution in [0.4, 0.5) is 0 Å². The first-order valence-electron chi connectivity index (χ1n) is 11.4. The van der Waals surface area contributed by atoms with E-state index >= 15 is 0 Å². The minimum Gasteiger partial charge on any atom is -0.490 e. The van der Waals surface area contributed by atoms with Crippen LogP contribution in [0.1, 0.15) is 62.0 Å². The number of ether oxygens (including phenoxy) is 2. The molecule has 2 aromatic rings. The molecule has 1 heterocycles. The number of rotatable bonds is 7. The minimum absolute atomic E-state index is 0.174. The highest BCUT2D eigenvalue weighted by atomic mass is 16.5. The standard InChI is InChI=1S/C27H37NO4/c1-19-11-10-12-20(2)24(19)31-18-22(29)17-28-26(3,4)15-23(16-27(28,5)6)32-25(30)21-13-8-7-9-14-21/h7-14,22-23,29H,15-18H2,1-6H3. The second-order valence-corrected chi connectivity index (χ2v) is 10.2. The van der Waals surface area contributed by atoms with E-state index in [-0.39, 0.29) is 29.8 Å². The van der Waals surface area contributed by atoms with E-state index in [4.69, 9.17) is 9.47 Å². The molecule has 1 aliphatic heterocycles. The van der Waals surface area contributed by atoms with E-state index < -0.39 is 6.10 Å². The summed E-state index contributed by atoms with van der Waals surface area (Å²) in [6, 6.07) is 15.2. The van der Waals surface area contributed by atoms with Gasteiger partial charge in [0.25, 0.3) is 0 Å². The van der Waals surface area contributed by atoms with Crippen molar-refractivity contribution < 1.29 is 19.4 Å². The summed E-state index contributed by atoms with van der Waals surface area (Å²) in [5, 5.41) is 10.8. The van der Waals surface area contributed by atoms with Gasteiger partial charge in [-0.05, 0) is 64.8 Å². The third-order valence-corrected chi connectivity index (χ3v) is 6.42. The van der Waals surface area contributed by atoms with Gasteiger partial charge >= 0.3 is 5.97 Å². The molecule has 0 aromatic heterocycles. The first kappa shape index (κ1) is 24.3. The van der Waals surface area contributed by atoms with Crippen LogP contribution in [0.15, 0.2) is 48.5 Å². The molecule has 1 atom stereocenters. The van der Waals surface area contributed by atoms with Gasteiger partial charge < -0.3 is 14.6 Å². The summed E-state index contributed by atoms with van der Waals surface area (Å²) < 4.78 is 11.9. The third kappa shape index (κ3) is 5.70. The van der Waals surface area contributed by atoms with Crippen molar-refractivity contribution in [1.29, 1.82) is 0 Å². The van der Waals surface area contributed by atoms with E-state index in [2.05, 4.69) is 32.6 Å². The van der Waals surface area contributed by atoms with Gasteiger partial charge in [-0.3, -0.25) is 4.90 Å². The Hall–Kier alpha value is -2.37. The zero-order chi connectivity index (χ0) is 23.5. The van der Waals surface area contributed by atoms with E-state index in [0.717, 1.165) is 16.9 Å². The lowest BCUT2D eigenvalue weighted by Crippen LogP contribution is -2.64. The molecule has 0 bridgehead atoms. The molecular formula is C27H37NO4. The zero-order valence-electron chi connectivity index (χ0n) is 20.2. The molecule has 2 aromatic carbocycles. The fraction of sp³-hybridized carbons (Fsp3) is 0.519. The Morgan fingerprint density at radius 1 is 1.00 bits per heavy atom. The van der Waals surface area contributed by atoms with Crippen molar-refractivity contribution in [1.82, 2.24) is 4.90 Å². The summed E-state index contributed by atoms with van der Waals surface area (Å²) in [4.78, 5) is 14.9. The lowest BCUT2D eigenvalue weighted by atomic mass is 9.77. The molecule has 32 heavy (non-hydrogen) atoms. The van der Waals surface area contributed by atoms with E-state index in [1.165, 1.54) is 0 Å². The molecular weight excluding hydrogens is 402 g/mol. The van der Waals surface area contributed by atoms with Crippen molar-refractivity contribution in [2.24, 2.45) is 0 Å². The number of carbonyl (C=O) groups excluding carboxylic acids is 1. The van der Waals surface area contributed by atoms with Gasteiger partial charge in [-0.1, -0.05) is 36.4 Å². The highest BCUT2D eigenvalue weighted by Crippen LogP contribution is 2.40. The molecule has 3 rings (SSSR count). The first-order chi connectivity index (χ1) is 15.0. The maximum atomic E-state index is 12.6. The number of hydrogen-bond acceptors (Lipinski definition) is 5. The molecule has 174 valence electrons. The van der Waals surface area contributed by atoms with E-state index in [9.17, 15) is 9.90 Å². The summed E-state index contributed by atoms with van der Waals surface area (Å²) in [6.45, 7) is 13.4. The molecule has 0 aliphatic carbocycles. The highest BCUT2D eigenvalue weighted by molar-refractivity contribution is 5.89. The molecule has 1 unspecified atom stereocenters. The van der Waals surface area contributed by atoms with Crippen molar-refractivity contribution in [2.45, 2.75) is 77.7 Å². The summed E-state index contributed by atoms with van der Waals surface area (Å²) in [6.07, 6.45) is 0.613. The second kappa shape index (κ2) is 9.63.